The zero-order valence-corrected chi connectivity index (χ0v) is 9.12. The minimum absolute atomic E-state index is 0.120. The van der Waals surface area contributed by atoms with Crippen molar-refractivity contribution in [3.63, 3.8) is 0 Å². The van der Waals surface area contributed by atoms with Crippen LogP contribution in [0.4, 0.5) is 6.01 Å². The van der Waals surface area contributed by atoms with Gasteiger partial charge >= 0.3 is 6.01 Å². The van der Waals surface area contributed by atoms with E-state index >= 15 is 0 Å². The topological polar surface area (TPSA) is 64.9 Å². The molecule has 2 N–H and O–H groups in total. The first-order chi connectivity index (χ1) is 7.24. The number of hydrogen-bond acceptors (Lipinski definition) is 5. The summed E-state index contributed by atoms with van der Waals surface area (Å²) >= 11 is 1.65. The first-order valence-electron chi connectivity index (χ1n) is 4.51. The van der Waals surface area contributed by atoms with Crippen LogP contribution in [0.1, 0.15) is 11.4 Å². The number of benzene rings is 1. The van der Waals surface area contributed by atoms with E-state index < -0.39 is 0 Å². The molecule has 2 aromatic rings. The van der Waals surface area contributed by atoms with Gasteiger partial charge in [-0.3, -0.25) is 0 Å². The Bertz CT molecular complexity index is 438. The molecule has 0 saturated heterocycles. The van der Waals surface area contributed by atoms with Crippen molar-refractivity contribution >= 4 is 17.8 Å². The van der Waals surface area contributed by atoms with Gasteiger partial charge in [-0.1, -0.05) is 22.9 Å². The van der Waals surface area contributed by atoms with E-state index in [1.165, 1.54) is 10.5 Å². The first-order valence-corrected chi connectivity index (χ1v) is 5.50. The van der Waals surface area contributed by atoms with Crippen molar-refractivity contribution in [2.24, 2.45) is 0 Å². The maximum atomic E-state index is 5.32. The second-order valence-electron chi connectivity index (χ2n) is 3.15. The molecule has 1 heterocycles. The number of thioether (sulfide) groups is 1. The zero-order valence-electron chi connectivity index (χ0n) is 8.30. The number of hydrogen-bond donors (Lipinski definition) is 1. The molecular weight excluding hydrogens is 210 g/mol. The maximum Gasteiger partial charge on any atom is 0.318 e. The van der Waals surface area contributed by atoms with E-state index in [9.17, 15) is 0 Å². The third kappa shape index (κ3) is 2.73. The highest BCUT2D eigenvalue weighted by Crippen LogP contribution is 2.21. The second-order valence-corrected chi connectivity index (χ2v) is 4.20. The maximum absolute atomic E-state index is 5.32. The monoisotopic (exact) mass is 221 g/mol. The molecule has 0 unspecified atom stereocenters. The minimum atomic E-state index is 0.120. The summed E-state index contributed by atoms with van der Waals surface area (Å²) in [6.07, 6.45) is 0. The molecule has 78 valence electrons. The molecule has 2 rings (SSSR count). The number of nitrogen functional groups attached to an aromatic ring is 1. The van der Waals surface area contributed by atoms with Crippen molar-refractivity contribution in [3.8, 4) is 0 Å². The Morgan fingerprint density at radius 3 is 2.67 bits per heavy atom. The van der Waals surface area contributed by atoms with Gasteiger partial charge in [0.25, 0.3) is 0 Å². The first kappa shape index (κ1) is 10.0. The molecule has 0 aliphatic heterocycles. The van der Waals surface area contributed by atoms with Gasteiger partial charge in [-0.15, -0.1) is 11.8 Å². The Morgan fingerprint density at radius 2 is 2.07 bits per heavy atom. The summed E-state index contributed by atoms with van der Waals surface area (Å²) in [5.41, 5.74) is 6.57. The summed E-state index contributed by atoms with van der Waals surface area (Å²) in [6, 6.07) is 8.42. The van der Waals surface area contributed by atoms with Gasteiger partial charge in [0.15, 0.2) is 5.82 Å². The van der Waals surface area contributed by atoms with E-state index in [4.69, 9.17) is 5.73 Å². The molecule has 15 heavy (non-hydrogen) atoms. The van der Waals surface area contributed by atoms with Crippen LogP contribution in [0.25, 0.3) is 0 Å². The van der Waals surface area contributed by atoms with Crippen LogP contribution in [0.3, 0.4) is 0 Å². The van der Waals surface area contributed by atoms with Crippen LogP contribution in [-0.4, -0.2) is 10.1 Å². The molecule has 0 atom stereocenters. The third-order valence-corrected chi connectivity index (χ3v) is 2.88. The highest BCUT2D eigenvalue weighted by atomic mass is 32.2. The number of rotatable bonds is 3. The van der Waals surface area contributed by atoms with Crippen LogP contribution >= 0.6 is 11.8 Å². The summed E-state index contributed by atoms with van der Waals surface area (Å²) in [5.74, 6) is 1.29. The third-order valence-electron chi connectivity index (χ3n) is 1.87. The summed E-state index contributed by atoms with van der Waals surface area (Å²) in [6.45, 7) is 2.06. The van der Waals surface area contributed by atoms with Gasteiger partial charge in [-0.2, -0.15) is 4.98 Å². The minimum Gasteiger partial charge on any atom is -0.351 e. The van der Waals surface area contributed by atoms with Crippen LogP contribution in [0.5, 0.6) is 0 Å². The summed E-state index contributed by atoms with van der Waals surface area (Å²) < 4.78 is 4.68. The Morgan fingerprint density at radius 1 is 1.33 bits per heavy atom. The molecule has 4 nitrogen and oxygen atoms in total. The number of anilines is 1. The van der Waals surface area contributed by atoms with E-state index in [1.807, 2.05) is 0 Å². The summed E-state index contributed by atoms with van der Waals surface area (Å²) in [5, 5.41) is 3.72. The lowest BCUT2D eigenvalue weighted by Crippen LogP contribution is -1.86. The van der Waals surface area contributed by atoms with Gasteiger partial charge in [0.1, 0.15) is 0 Å². The molecule has 0 fully saturated rings. The van der Waals surface area contributed by atoms with Crippen molar-refractivity contribution in [1.29, 1.82) is 0 Å². The SMILES string of the molecule is Cc1ccc(SCc2noc(N)n2)cc1. The van der Waals surface area contributed by atoms with E-state index in [2.05, 4.69) is 45.9 Å². The Labute approximate surface area is 91.9 Å². The van der Waals surface area contributed by atoms with Gasteiger partial charge in [-0.25, -0.2) is 0 Å². The highest BCUT2D eigenvalue weighted by Gasteiger charge is 2.03. The fourth-order valence-electron chi connectivity index (χ4n) is 1.11. The van der Waals surface area contributed by atoms with Crippen molar-refractivity contribution in [2.45, 2.75) is 17.6 Å². The standard InChI is InChI=1S/C10H11N3OS/c1-7-2-4-8(5-3-7)15-6-9-12-10(11)14-13-9/h2-5H,6H2,1H3,(H2,11,12,13). The summed E-state index contributed by atoms with van der Waals surface area (Å²) in [4.78, 5) is 5.11. The molecule has 1 aromatic heterocycles. The molecule has 0 saturated carbocycles. The predicted molar refractivity (Wildman–Crippen MR) is 59.5 cm³/mol. The number of nitrogens with two attached hydrogens (primary N) is 1. The fraction of sp³-hybridized carbons (Fsp3) is 0.200. The lowest BCUT2D eigenvalue weighted by molar-refractivity contribution is 0.429. The Kier molecular flexibility index (Phi) is 2.91. The molecule has 0 aliphatic carbocycles. The lowest BCUT2D eigenvalue weighted by Gasteiger charge is -1.98. The lowest BCUT2D eigenvalue weighted by atomic mass is 10.2. The van der Waals surface area contributed by atoms with E-state index in [0.29, 0.717) is 11.6 Å². The highest BCUT2D eigenvalue weighted by molar-refractivity contribution is 7.98. The quantitative estimate of drug-likeness (QED) is 0.805. The average molecular weight is 221 g/mol. The smallest absolute Gasteiger partial charge is 0.318 e. The van der Waals surface area contributed by atoms with Crippen LogP contribution in [0.2, 0.25) is 0 Å². The van der Waals surface area contributed by atoms with E-state index in [-0.39, 0.29) is 6.01 Å². The van der Waals surface area contributed by atoms with Crippen LogP contribution < -0.4 is 5.73 Å². The molecule has 0 radical (unpaired) electrons. The van der Waals surface area contributed by atoms with Gasteiger partial charge in [-0.05, 0) is 19.1 Å². The van der Waals surface area contributed by atoms with Crippen molar-refractivity contribution in [2.75, 3.05) is 5.73 Å². The number of nitrogens with zero attached hydrogens (tertiary/aromatic N) is 2. The Balaban J connectivity index is 1.96. The van der Waals surface area contributed by atoms with Gasteiger partial charge in [0, 0.05) is 4.90 Å². The largest absolute Gasteiger partial charge is 0.351 e. The van der Waals surface area contributed by atoms with Crippen LogP contribution in [0, 0.1) is 6.92 Å². The van der Waals surface area contributed by atoms with Gasteiger partial charge in [0.2, 0.25) is 0 Å². The normalized spacial score (nSPS) is 10.5. The van der Waals surface area contributed by atoms with Crippen molar-refractivity contribution in [3.05, 3.63) is 35.7 Å². The second kappa shape index (κ2) is 4.35. The van der Waals surface area contributed by atoms with Crippen LogP contribution in [0.15, 0.2) is 33.7 Å². The van der Waals surface area contributed by atoms with Crippen molar-refractivity contribution in [1.82, 2.24) is 10.1 Å². The molecule has 1 aromatic carbocycles. The molecule has 0 spiro atoms. The molecular formula is C10H11N3OS. The van der Waals surface area contributed by atoms with Crippen molar-refractivity contribution < 1.29 is 4.52 Å². The molecule has 0 aliphatic rings. The predicted octanol–water partition coefficient (Wildman–Crippen LogP) is 2.25. The Hall–Kier alpha value is -1.49. The fourth-order valence-corrected chi connectivity index (χ4v) is 1.85. The summed E-state index contributed by atoms with van der Waals surface area (Å²) in [7, 11) is 0. The zero-order chi connectivity index (χ0) is 10.7. The van der Waals surface area contributed by atoms with Crippen LogP contribution in [-0.2, 0) is 5.75 Å². The molecule has 0 bridgehead atoms. The molecule has 0 amide bonds. The van der Waals surface area contributed by atoms with Gasteiger partial charge < -0.3 is 10.3 Å². The number of aromatic nitrogens is 2. The van der Waals surface area contributed by atoms with E-state index in [1.54, 1.807) is 11.8 Å². The van der Waals surface area contributed by atoms with E-state index in [0.717, 1.165) is 0 Å². The number of aryl methyl sites for hydroxylation is 1. The molecule has 5 heteroatoms. The van der Waals surface area contributed by atoms with Gasteiger partial charge in [0.05, 0.1) is 5.75 Å². The average Bonchev–Trinajstić information content (AvgIpc) is 2.64.